The molecule has 1 aliphatic carbocycles. The van der Waals surface area contributed by atoms with Gasteiger partial charge in [0.15, 0.2) is 0 Å². The molecule has 0 aliphatic heterocycles. The minimum Gasteiger partial charge on any atom is -0.497 e. The van der Waals surface area contributed by atoms with Crippen molar-refractivity contribution in [3.63, 3.8) is 0 Å². The number of methoxy groups -OCH3 is 1. The summed E-state index contributed by atoms with van der Waals surface area (Å²) in [6, 6.07) is 28.1. The molecule has 1 amide bonds. The van der Waals surface area contributed by atoms with E-state index in [-0.39, 0.29) is 17.2 Å². The Balaban J connectivity index is 1.54. The number of nitrogens with zero attached hydrogens (tertiary/aromatic N) is 1. The highest BCUT2D eigenvalue weighted by molar-refractivity contribution is 5.99. The maximum atomic E-state index is 13.0. The lowest BCUT2D eigenvalue weighted by Crippen LogP contribution is -2.26. The van der Waals surface area contributed by atoms with Gasteiger partial charge < -0.3 is 4.74 Å². The third-order valence-corrected chi connectivity index (χ3v) is 5.70. The van der Waals surface area contributed by atoms with E-state index in [2.05, 4.69) is 34.8 Å². The molecular formula is C25H24N2O2. The van der Waals surface area contributed by atoms with Crippen molar-refractivity contribution in [2.24, 2.45) is 11.0 Å². The molecule has 4 heteroatoms. The van der Waals surface area contributed by atoms with Crippen LogP contribution in [0.1, 0.15) is 30.0 Å². The Kier molecular flexibility index (Phi) is 5.17. The van der Waals surface area contributed by atoms with Gasteiger partial charge in [-0.1, -0.05) is 60.7 Å². The molecule has 1 atom stereocenters. The molecule has 0 heterocycles. The summed E-state index contributed by atoms with van der Waals surface area (Å²) in [6.45, 7) is 1.89. The number of hydrogen-bond donors (Lipinski definition) is 1. The molecule has 0 bridgehead atoms. The van der Waals surface area contributed by atoms with Gasteiger partial charge in [-0.05, 0) is 54.3 Å². The van der Waals surface area contributed by atoms with Crippen LogP contribution in [0.3, 0.4) is 0 Å². The molecule has 0 unspecified atom stereocenters. The highest BCUT2D eigenvalue weighted by Crippen LogP contribution is 2.58. The number of nitrogens with one attached hydrogen (secondary N) is 1. The standard InChI is InChI=1S/C25H24N2O2/c1-18(19-13-15-22(29-2)16-14-19)26-27-24(28)23-17-25(23,20-9-5-3-6-10-20)21-11-7-4-8-12-21/h3-16,23H,17H2,1-2H3,(H,27,28)/b26-18+/t23-/m0/s1. The molecule has 0 spiro atoms. The first kappa shape index (κ1) is 18.9. The second-order valence-corrected chi connectivity index (χ2v) is 7.36. The van der Waals surface area contributed by atoms with Crippen molar-refractivity contribution >= 4 is 11.6 Å². The van der Waals surface area contributed by atoms with Gasteiger partial charge in [-0.15, -0.1) is 0 Å². The van der Waals surface area contributed by atoms with Gasteiger partial charge in [0.25, 0.3) is 0 Å². The first-order valence-corrected chi connectivity index (χ1v) is 9.75. The molecular weight excluding hydrogens is 360 g/mol. The van der Waals surface area contributed by atoms with Crippen molar-refractivity contribution < 1.29 is 9.53 Å². The largest absolute Gasteiger partial charge is 0.497 e. The lowest BCUT2D eigenvalue weighted by atomic mass is 9.85. The maximum Gasteiger partial charge on any atom is 0.244 e. The lowest BCUT2D eigenvalue weighted by molar-refractivity contribution is -0.122. The molecule has 1 aliphatic rings. The van der Waals surface area contributed by atoms with E-state index >= 15 is 0 Å². The molecule has 0 aromatic heterocycles. The molecule has 0 saturated heterocycles. The highest BCUT2D eigenvalue weighted by atomic mass is 16.5. The normalized spacial score (nSPS) is 17.4. The zero-order valence-corrected chi connectivity index (χ0v) is 16.6. The molecule has 1 saturated carbocycles. The third kappa shape index (κ3) is 3.66. The number of rotatable bonds is 6. The van der Waals surface area contributed by atoms with Crippen molar-refractivity contribution in [3.05, 3.63) is 102 Å². The first-order valence-electron chi connectivity index (χ1n) is 9.75. The number of benzene rings is 3. The fourth-order valence-corrected chi connectivity index (χ4v) is 3.97. The highest BCUT2D eigenvalue weighted by Gasteiger charge is 2.60. The monoisotopic (exact) mass is 384 g/mol. The van der Waals surface area contributed by atoms with E-state index in [0.717, 1.165) is 23.4 Å². The SMILES string of the molecule is COc1ccc(/C(C)=N/NC(=O)[C@@H]2CC2(c2ccccc2)c2ccccc2)cc1. The van der Waals surface area contributed by atoms with Crippen LogP contribution in [0.5, 0.6) is 5.75 Å². The van der Waals surface area contributed by atoms with Gasteiger partial charge in [0.2, 0.25) is 5.91 Å². The van der Waals surface area contributed by atoms with Gasteiger partial charge in [-0.3, -0.25) is 4.79 Å². The van der Waals surface area contributed by atoms with Gasteiger partial charge in [0, 0.05) is 5.41 Å². The Hall–Kier alpha value is -3.40. The molecule has 3 aromatic rings. The van der Waals surface area contributed by atoms with Gasteiger partial charge in [0.05, 0.1) is 18.7 Å². The van der Waals surface area contributed by atoms with E-state index < -0.39 is 0 Å². The van der Waals surface area contributed by atoms with Crippen LogP contribution in [-0.2, 0) is 10.2 Å². The maximum absolute atomic E-state index is 13.0. The van der Waals surface area contributed by atoms with Crippen LogP contribution in [0.2, 0.25) is 0 Å². The van der Waals surface area contributed by atoms with E-state index in [1.165, 1.54) is 11.1 Å². The Labute approximate surface area is 171 Å². The number of carbonyl (C=O) groups excluding carboxylic acids is 1. The molecule has 4 rings (SSSR count). The predicted octanol–water partition coefficient (Wildman–Crippen LogP) is 4.54. The number of carbonyl (C=O) groups is 1. The van der Waals surface area contributed by atoms with Crippen LogP contribution in [-0.4, -0.2) is 18.7 Å². The van der Waals surface area contributed by atoms with Crippen molar-refractivity contribution in [1.29, 1.82) is 0 Å². The summed E-state index contributed by atoms with van der Waals surface area (Å²) in [5.74, 6) is 0.601. The van der Waals surface area contributed by atoms with Crippen molar-refractivity contribution in [1.82, 2.24) is 5.43 Å². The van der Waals surface area contributed by atoms with Crippen LogP contribution >= 0.6 is 0 Å². The average Bonchev–Trinajstić information content (AvgIpc) is 3.56. The topological polar surface area (TPSA) is 50.7 Å². The summed E-state index contributed by atoms with van der Waals surface area (Å²) >= 11 is 0. The molecule has 146 valence electrons. The quantitative estimate of drug-likeness (QED) is 0.501. The van der Waals surface area contributed by atoms with Gasteiger partial charge in [-0.2, -0.15) is 5.10 Å². The Morgan fingerprint density at radius 3 is 2.00 bits per heavy atom. The third-order valence-electron chi connectivity index (χ3n) is 5.70. The molecule has 1 fully saturated rings. The second kappa shape index (κ2) is 7.92. The number of ether oxygens (including phenoxy) is 1. The predicted molar refractivity (Wildman–Crippen MR) is 115 cm³/mol. The van der Waals surface area contributed by atoms with Gasteiger partial charge in [0.1, 0.15) is 5.75 Å². The Morgan fingerprint density at radius 1 is 0.931 bits per heavy atom. The molecule has 3 aromatic carbocycles. The van der Waals surface area contributed by atoms with Crippen LogP contribution in [0.4, 0.5) is 0 Å². The fraction of sp³-hybridized carbons (Fsp3) is 0.200. The van der Waals surface area contributed by atoms with Crippen LogP contribution < -0.4 is 10.2 Å². The number of hydrazone groups is 1. The fourth-order valence-electron chi connectivity index (χ4n) is 3.97. The minimum absolute atomic E-state index is 0.0504. The van der Waals surface area contributed by atoms with Crippen LogP contribution in [0.15, 0.2) is 90.0 Å². The minimum atomic E-state index is -0.282. The lowest BCUT2D eigenvalue weighted by Gasteiger charge is -2.18. The zero-order chi connectivity index (χ0) is 20.3. The summed E-state index contributed by atoms with van der Waals surface area (Å²) in [5.41, 5.74) is 6.54. The van der Waals surface area contributed by atoms with Crippen molar-refractivity contribution in [3.8, 4) is 5.75 Å². The Morgan fingerprint density at radius 2 is 1.48 bits per heavy atom. The molecule has 0 radical (unpaired) electrons. The summed E-state index contributed by atoms with van der Waals surface area (Å²) in [4.78, 5) is 13.0. The summed E-state index contributed by atoms with van der Waals surface area (Å²) in [6.07, 6.45) is 0.782. The van der Waals surface area contributed by atoms with Crippen molar-refractivity contribution in [2.45, 2.75) is 18.8 Å². The smallest absolute Gasteiger partial charge is 0.244 e. The van der Waals surface area contributed by atoms with Crippen molar-refractivity contribution in [2.75, 3.05) is 7.11 Å². The molecule has 29 heavy (non-hydrogen) atoms. The van der Waals surface area contributed by atoms with E-state index in [4.69, 9.17) is 4.74 Å². The summed E-state index contributed by atoms with van der Waals surface area (Å²) < 4.78 is 5.18. The van der Waals surface area contributed by atoms with Crippen LogP contribution in [0, 0.1) is 5.92 Å². The van der Waals surface area contributed by atoms with E-state index in [1.807, 2.05) is 67.6 Å². The number of hydrogen-bond acceptors (Lipinski definition) is 3. The zero-order valence-electron chi connectivity index (χ0n) is 16.6. The summed E-state index contributed by atoms with van der Waals surface area (Å²) in [5, 5.41) is 4.34. The van der Waals surface area contributed by atoms with E-state index in [1.54, 1.807) is 7.11 Å². The first-order chi connectivity index (χ1) is 14.1. The Bertz CT molecular complexity index is 972. The molecule has 4 nitrogen and oxygen atoms in total. The van der Waals surface area contributed by atoms with E-state index in [9.17, 15) is 4.79 Å². The molecule has 1 N–H and O–H groups in total. The van der Waals surface area contributed by atoms with Gasteiger partial charge >= 0.3 is 0 Å². The van der Waals surface area contributed by atoms with E-state index in [0.29, 0.717) is 0 Å². The number of amides is 1. The second-order valence-electron chi connectivity index (χ2n) is 7.36. The average molecular weight is 384 g/mol. The summed E-state index contributed by atoms with van der Waals surface area (Å²) in [7, 11) is 1.64. The van der Waals surface area contributed by atoms with Gasteiger partial charge in [-0.25, -0.2) is 5.43 Å². The van der Waals surface area contributed by atoms with Crippen LogP contribution in [0.25, 0.3) is 0 Å².